The fourth-order valence-electron chi connectivity index (χ4n) is 1.56. The maximum Gasteiger partial charge on any atom is 0.340 e. The third-order valence-corrected chi connectivity index (χ3v) is 2.51. The third kappa shape index (κ3) is 2.46. The fourth-order valence-corrected chi connectivity index (χ4v) is 1.69. The Bertz CT molecular complexity index is 580. The summed E-state index contributed by atoms with van der Waals surface area (Å²) < 4.78 is 6.49. The van der Waals surface area contributed by atoms with Gasteiger partial charge >= 0.3 is 5.97 Å². The Morgan fingerprint density at radius 3 is 2.94 bits per heavy atom. The van der Waals surface area contributed by atoms with Crippen LogP contribution in [0, 0.1) is 0 Å². The molecule has 1 heterocycles. The van der Waals surface area contributed by atoms with Crippen LogP contribution in [0.1, 0.15) is 17.3 Å². The van der Waals surface area contributed by atoms with Crippen LogP contribution in [-0.4, -0.2) is 22.4 Å². The van der Waals surface area contributed by atoms with Crippen LogP contribution in [0.5, 0.6) is 0 Å². The molecular formula is C12H12ClN3O2. The van der Waals surface area contributed by atoms with Crippen LogP contribution in [0.15, 0.2) is 30.6 Å². The van der Waals surface area contributed by atoms with Gasteiger partial charge < -0.3 is 10.5 Å². The van der Waals surface area contributed by atoms with Gasteiger partial charge in [-0.05, 0) is 25.1 Å². The van der Waals surface area contributed by atoms with E-state index in [9.17, 15) is 4.79 Å². The van der Waals surface area contributed by atoms with Crippen molar-refractivity contribution < 1.29 is 9.53 Å². The lowest BCUT2D eigenvalue weighted by atomic mass is 10.1. The molecule has 1 aromatic carbocycles. The van der Waals surface area contributed by atoms with Crippen molar-refractivity contribution in [1.82, 2.24) is 9.78 Å². The lowest BCUT2D eigenvalue weighted by Crippen LogP contribution is -2.10. The van der Waals surface area contributed by atoms with Crippen LogP contribution in [-0.2, 0) is 4.74 Å². The van der Waals surface area contributed by atoms with Gasteiger partial charge in [0.25, 0.3) is 0 Å². The van der Waals surface area contributed by atoms with E-state index < -0.39 is 5.97 Å². The first-order valence-electron chi connectivity index (χ1n) is 5.39. The van der Waals surface area contributed by atoms with Gasteiger partial charge in [0.1, 0.15) is 0 Å². The molecule has 0 radical (unpaired) electrons. The number of aromatic nitrogens is 2. The average Bonchev–Trinajstić information content (AvgIpc) is 2.76. The second-order valence-corrected chi connectivity index (χ2v) is 4.04. The van der Waals surface area contributed by atoms with Crippen molar-refractivity contribution in [2.75, 3.05) is 12.3 Å². The minimum atomic E-state index is -0.438. The number of rotatable bonds is 3. The van der Waals surface area contributed by atoms with Crippen molar-refractivity contribution in [3.05, 3.63) is 41.2 Å². The zero-order valence-electron chi connectivity index (χ0n) is 9.76. The second kappa shape index (κ2) is 5.10. The minimum absolute atomic E-state index is 0.299. The number of esters is 1. The highest BCUT2D eigenvalue weighted by Crippen LogP contribution is 2.20. The van der Waals surface area contributed by atoms with E-state index in [-0.39, 0.29) is 0 Å². The van der Waals surface area contributed by atoms with Crippen LogP contribution in [0.2, 0.25) is 5.02 Å². The van der Waals surface area contributed by atoms with Gasteiger partial charge in [-0.2, -0.15) is 5.10 Å². The molecule has 5 nitrogen and oxygen atoms in total. The Balaban J connectivity index is 2.50. The van der Waals surface area contributed by atoms with Gasteiger partial charge in [0.2, 0.25) is 0 Å². The Morgan fingerprint density at radius 1 is 1.56 bits per heavy atom. The molecule has 0 fully saturated rings. The molecule has 1 aromatic heterocycles. The largest absolute Gasteiger partial charge is 0.462 e. The van der Waals surface area contributed by atoms with Gasteiger partial charge in [-0.25, -0.2) is 9.48 Å². The van der Waals surface area contributed by atoms with Crippen molar-refractivity contribution in [2.24, 2.45) is 0 Å². The number of hydrogen-bond donors (Lipinski definition) is 1. The van der Waals surface area contributed by atoms with Crippen molar-refractivity contribution in [1.29, 1.82) is 0 Å². The highest BCUT2D eigenvalue weighted by atomic mass is 35.5. The van der Waals surface area contributed by atoms with Crippen molar-refractivity contribution >= 4 is 23.3 Å². The zero-order chi connectivity index (χ0) is 13.1. The molecule has 94 valence electrons. The first-order chi connectivity index (χ1) is 8.61. The summed E-state index contributed by atoms with van der Waals surface area (Å²) in [4.78, 5) is 11.8. The quantitative estimate of drug-likeness (QED) is 0.683. The van der Waals surface area contributed by atoms with E-state index in [0.717, 1.165) is 0 Å². The molecule has 6 heteroatoms. The highest BCUT2D eigenvalue weighted by molar-refractivity contribution is 6.30. The van der Waals surface area contributed by atoms with E-state index in [1.54, 1.807) is 31.3 Å². The average molecular weight is 266 g/mol. The number of nitrogens with two attached hydrogens (primary N) is 1. The van der Waals surface area contributed by atoms with E-state index in [2.05, 4.69) is 5.10 Å². The van der Waals surface area contributed by atoms with Crippen molar-refractivity contribution in [3.63, 3.8) is 0 Å². The van der Waals surface area contributed by atoms with Gasteiger partial charge in [0.05, 0.1) is 29.1 Å². The number of carbonyl (C=O) groups excluding carboxylic acids is 1. The highest BCUT2D eigenvalue weighted by Gasteiger charge is 2.15. The summed E-state index contributed by atoms with van der Waals surface area (Å²) in [6.07, 6.45) is 3.10. The maximum atomic E-state index is 11.8. The number of ether oxygens (including phenoxy) is 1. The number of hydrogen-bond acceptors (Lipinski definition) is 4. The summed E-state index contributed by atoms with van der Waals surface area (Å²) in [6, 6.07) is 4.95. The van der Waals surface area contributed by atoms with E-state index in [4.69, 9.17) is 22.1 Å². The Hall–Kier alpha value is -2.01. The summed E-state index contributed by atoms with van der Waals surface area (Å²) in [5.74, 6) is -0.438. The number of nitrogen functional groups attached to an aromatic ring is 1. The molecule has 0 spiro atoms. The third-order valence-electron chi connectivity index (χ3n) is 2.31. The van der Waals surface area contributed by atoms with Gasteiger partial charge in [0, 0.05) is 11.9 Å². The standard InChI is InChI=1S/C12H12ClN3O2/c1-2-18-12(17)10-5-9(14)3-4-11(10)16-7-8(13)6-15-16/h3-7H,2,14H2,1H3. The molecule has 0 saturated carbocycles. The first-order valence-corrected chi connectivity index (χ1v) is 5.77. The molecule has 0 atom stereocenters. The summed E-state index contributed by atoms with van der Waals surface area (Å²) in [6.45, 7) is 2.04. The van der Waals surface area contributed by atoms with Crippen LogP contribution < -0.4 is 5.73 Å². The zero-order valence-corrected chi connectivity index (χ0v) is 10.5. The summed E-state index contributed by atoms with van der Waals surface area (Å²) in [5.41, 5.74) is 7.10. The van der Waals surface area contributed by atoms with E-state index in [1.807, 2.05) is 0 Å². The number of anilines is 1. The Kier molecular flexibility index (Phi) is 3.53. The Labute approximate surface area is 109 Å². The van der Waals surface area contributed by atoms with Crippen LogP contribution >= 0.6 is 11.6 Å². The SMILES string of the molecule is CCOC(=O)c1cc(N)ccc1-n1cc(Cl)cn1. The monoisotopic (exact) mass is 265 g/mol. The smallest absolute Gasteiger partial charge is 0.340 e. The summed E-state index contributed by atoms with van der Waals surface area (Å²) in [5, 5.41) is 4.54. The van der Waals surface area contributed by atoms with Gasteiger partial charge in [0.15, 0.2) is 0 Å². The maximum absolute atomic E-state index is 11.8. The normalized spacial score (nSPS) is 10.3. The van der Waals surface area contributed by atoms with E-state index in [1.165, 1.54) is 10.9 Å². The predicted octanol–water partition coefficient (Wildman–Crippen LogP) is 2.28. The van der Waals surface area contributed by atoms with Crippen LogP contribution in [0.3, 0.4) is 0 Å². The molecule has 18 heavy (non-hydrogen) atoms. The molecule has 2 aromatic rings. The predicted molar refractivity (Wildman–Crippen MR) is 68.9 cm³/mol. The van der Waals surface area contributed by atoms with Gasteiger partial charge in [-0.1, -0.05) is 11.6 Å². The van der Waals surface area contributed by atoms with Gasteiger partial charge in [-0.3, -0.25) is 0 Å². The van der Waals surface area contributed by atoms with Crippen LogP contribution in [0.25, 0.3) is 5.69 Å². The number of benzene rings is 1. The summed E-state index contributed by atoms with van der Waals surface area (Å²) in [7, 11) is 0. The number of nitrogens with zero attached hydrogens (tertiary/aromatic N) is 2. The fraction of sp³-hybridized carbons (Fsp3) is 0.167. The summed E-state index contributed by atoms with van der Waals surface area (Å²) >= 11 is 5.81. The number of carbonyl (C=O) groups is 1. The minimum Gasteiger partial charge on any atom is -0.462 e. The van der Waals surface area contributed by atoms with Gasteiger partial charge in [-0.15, -0.1) is 0 Å². The Morgan fingerprint density at radius 2 is 2.33 bits per heavy atom. The van der Waals surface area contributed by atoms with Crippen molar-refractivity contribution in [3.8, 4) is 5.69 Å². The second-order valence-electron chi connectivity index (χ2n) is 3.60. The molecule has 0 amide bonds. The molecule has 0 saturated heterocycles. The van der Waals surface area contributed by atoms with Crippen LogP contribution in [0.4, 0.5) is 5.69 Å². The first kappa shape index (κ1) is 12.4. The lowest BCUT2D eigenvalue weighted by molar-refractivity contribution is 0.0526. The molecule has 0 bridgehead atoms. The van der Waals surface area contributed by atoms with E-state index in [0.29, 0.717) is 28.6 Å². The van der Waals surface area contributed by atoms with E-state index >= 15 is 0 Å². The lowest BCUT2D eigenvalue weighted by Gasteiger charge is -2.09. The topological polar surface area (TPSA) is 70.1 Å². The molecule has 0 aliphatic heterocycles. The number of halogens is 1. The molecular weight excluding hydrogens is 254 g/mol. The molecule has 2 N–H and O–H groups in total. The molecule has 0 aliphatic carbocycles. The molecule has 2 rings (SSSR count). The molecule has 0 aliphatic rings. The van der Waals surface area contributed by atoms with Crippen molar-refractivity contribution in [2.45, 2.75) is 6.92 Å². The molecule has 0 unspecified atom stereocenters.